The Labute approximate surface area is 98.5 Å². The Kier molecular flexibility index (Phi) is 5.42. The second kappa shape index (κ2) is 5.64. The van der Waals surface area contributed by atoms with Gasteiger partial charge in [0.15, 0.2) is 0 Å². The third kappa shape index (κ3) is 9.93. The molecule has 16 heavy (non-hydrogen) atoms. The topological polar surface area (TPSA) is 61.5 Å². The first-order valence-electron chi connectivity index (χ1n) is 5.65. The van der Waals surface area contributed by atoms with E-state index in [4.69, 9.17) is 15.2 Å². The fraction of sp³-hybridized carbons (Fsp3) is 0.917. The Bertz CT molecular complexity index is 225. The maximum atomic E-state index is 11.4. The zero-order chi connectivity index (χ0) is 13.0. The molecule has 4 nitrogen and oxygen atoms in total. The van der Waals surface area contributed by atoms with Crippen LogP contribution in [0, 0.1) is 0 Å². The van der Waals surface area contributed by atoms with Crippen LogP contribution in [-0.4, -0.2) is 23.4 Å². The van der Waals surface area contributed by atoms with Gasteiger partial charge in [0.25, 0.3) is 0 Å². The molecule has 0 aliphatic carbocycles. The zero-order valence-electron chi connectivity index (χ0n) is 11.3. The Morgan fingerprint density at radius 1 is 1.12 bits per heavy atom. The van der Waals surface area contributed by atoms with Crippen LogP contribution in [-0.2, 0) is 14.3 Å². The summed E-state index contributed by atoms with van der Waals surface area (Å²) in [5.74, 6) is -0.236. The highest BCUT2D eigenvalue weighted by Gasteiger charge is 2.19. The zero-order valence-corrected chi connectivity index (χ0v) is 11.3. The van der Waals surface area contributed by atoms with Crippen LogP contribution in [0.5, 0.6) is 0 Å². The Hall–Kier alpha value is -0.610. The standard InChI is InChI=1S/C12H25NO3/c1-11(2,3)15-9(13)7-8-10(14)16-12(4,5)6/h9H,7-8,13H2,1-6H3. The average Bonchev–Trinajstić information content (AvgIpc) is 1.94. The van der Waals surface area contributed by atoms with E-state index in [-0.39, 0.29) is 18.0 Å². The normalized spacial score (nSPS) is 14.7. The molecule has 0 rings (SSSR count). The monoisotopic (exact) mass is 231 g/mol. The lowest BCUT2D eigenvalue weighted by atomic mass is 10.1. The second-order valence-electron chi connectivity index (χ2n) is 5.89. The van der Waals surface area contributed by atoms with Gasteiger partial charge in [-0.1, -0.05) is 0 Å². The van der Waals surface area contributed by atoms with Crippen LogP contribution in [0.1, 0.15) is 54.4 Å². The molecule has 0 aromatic carbocycles. The SMILES string of the molecule is CC(C)(C)OC(=O)CCC(N)OC(C)(C)C. The van der Waals surface area contributed by atoms with Crippen LogP contribution in [0.15, 0.2) is 0 Å². The van der Waals surface area contributed by atoms with Gasteiger partial charge in [0.05, 0.1) is 5.60 Å². The number of carbonyl (C=O) groups excluding carboxylic acids is 1. The first kappa shape index (κ1) is 15.4. The molecule has 0 spiro atoms. The minimum absolute atomic E-state index is 0.236. The van der Waals surface area contributed by atoms with Crippen LogP contribution < -0.4 is 5.73 Å². The maximum absolute atomic E-state index is 11.4. The van der Waals surface area contributed by atoms with Gasteiger partial charge < -0.3 is 15.2 Å². The molecule has 0 bridgehead atoms. The average molecular weight is 231 g/mol. The summed E-state index contributed by atoms with van der Waals surface area (Å²) in [7, 11) is 0. The minimum Gasteiger partial charge on any atom is -0.460 e. The van der Waals surface area contributed by atoms with E-state index in [0.717, 1.165) is 0 Å². The quantitative estimate of drug-likeness (QED) is 0.595. The molecule has 0 aliphatic heterocycles. The van der Waals surface area contributed by atoms with Crippen molar-refractivity contribution in [3.8, 4) is 0 Å². The maximum Gasteiger partial charge on any atom is 0.306 e. The van der Waals surface area contributed by atoms with Crippen molar-refractivity contribution >= 4 is 5.97 Å². The summed E-state index contributed by atoms with van der Waals surface area (Å²) < 4.78 is 10.7. The number of hydrogen-bond donors (Lipinski definition) is 1. The van der Waals surface area contributed by atoms with Gasteiger partial charge in [-0.25, -0.2) is 0 Å². The molecule has 0 amide bonds. The molecule has 96 valence electrons. The summed E-state index contributed by atoms with van der Waals surface area (Å²) in [6.07, 6.45) is 0.341. The van der Waals surface area contributed by atoms with Gasteiger partial charge in [-0.05, 0) is 48.0 Å². The van der Waals surface area contributed by atoms with Gasteiger partial charge in [-0.2, -0.15) is 0 Å². The van der Waals surface area contributed by atoms with Crippen molar-refractivity contribution in [3.05, 3.63) is 0 Å². The van der Waals surface area contributed by atoms with Crippen molar-refractivity contribution in [1.82, 2.24) is 0 Å². The van der Waals surface area contributed by atoms with Crippen LogP contribution >= 0.6 is 0 Å². The highest BCUT2D eigenvalue weighted by Crippen LogP contribution is 2.13. The molecule has 2 N–H and O–H groups in total. The molecular weight excluding hydrogens is 206 g/mol. The highest BCUT2D eigenvalue weighted by atomic mass is 16.6. The number of esters is 1. The van der Waals surface area contributed by atoms with E-state index in [1.807, 2.05) is 41.5 Å². The Morgan fingerprint density at radius 3 is 2.00 bits per heavy atom. The van der Waals surface area contributed by atoms with Gasteiger partial charge in [-0.3, -0.25) is 4.79 Å². The smallest absolute Gasteiger partial charge is 0.306 e. The van der Waals surface area contributed by atoms with Crippen molar-refractivity contribution in [3.63, 3.8) is 0 Å². The summed E-state index contributed by atoms with van der Waals surface area (Å²) in [5.41, 5.74) is 5.02. The van der Waals surface area contributed by atoms with Gasteiger partial charge in [0, 0.05) is 6.42 Å². The summed E-state index contributed by atoms with van der Waals surface area (Å²) in [5, 5.41) is 0. The van der Waals surface area contributed by atoms with Gasteiger partial charge >= 0.3 is 5.97 Å². The first-order valence-corrected chi connectivity index (χ1v) is 5.65. The molecule has 0 aliphatic rings. The molecule has 0 saturated carbocycles. The third-order valence-electron chi connectivity index (χ3n) is 1.56. The third-order valence-corrected chi connectivity index (χ3v) is 1.56. The molecule has 0 aromatic rings. The Balaban J connectivity index is 3.85. The fourth-order valence-electron chi connectivity index (χ4n) is 1.17. The molecule has 0 aromatic heterocycles. The minimum atomic E-state index is -0.438. The summed E-state index contributed by atoms with van der Waals surface area (Å²) in [6.45, 7) is 11.3. The van der Waals surface area contributed by atoms with E-state index in [9.17, 15) is 4.79 Å². The molecule has 0 saturated heterocycles. The van der Waals surface area contributed by atoms with Gasteiger partial charge in [0.2, 0.25) is 0 Å². The lowest BCUT2D eigenvalue weighted by molar-refractivity contribution is -0.156. The number of rotatable bonds is 4. The summed E-state index contributed by atoms with van der Waals surface area (Å²) in [6, 6.07) is 0. The lowest BCUT2D eigenvalue weighted by Crippen LogP contribution is -2.34. The molecule has 0 radical (unpaired) electrons. The number of ether oxygens (including phenoxy) is 2. The molecule has 4 heteroatoms. The number of hydrogen-bond acceptors (Lipinski definition) is 4. The van der Waals surface area contributed by atoms with Crippen molar-refractivity contribution in [2.45, 2.75) is 71.8 Å². The summed E-state index contributed by atoms with van der Waals surface area (Å²) >= 11 is 0. The molecular formula is C12H25NO3. The highest BCUT2D eigenvalue weighted by molar-refractivity contribution is 5.69. The number of carbonyl (C=O) groups is 1. The van der Waals surface area contributed by atoms with Crippen molar-refractivity contribution < 1.29 is 14.3 Å². The van der Waals surface area contributed by atoms with E-state index in [0.29, 0.717) is 6.42 Å². The van der Waals surface area contributed by atoms with Crippen molar-refractivity contribution in [1.29, 1.82) is 0 Å². The van der Waals surface area contributed by atoms with Gasteiger partial charge in [0.1, 0.15) is 11.8 Å². The predicted molar refractivity (Wildman–Crippen MR) is 63.9 cm³/mol. The van der Waals surface area contributed by atoms with E-state index in [1.165, 1.54) is 0 Å². The molecule has 1 atom stereocenters. The molecule has 0 heterocycles. The molecule has 0 fully saturated rings. The first-order chi connectivity index (χ1) is 6.99. The lowest BCUT2D eigenvalue weighted by Gasteiger charge is -2.25. The van der Waals surface area contributed by atoms with Crippen molar-refractivity contribution in [2.75, 3.05) is 0 Å². The fourth-order valence-corrected chi connectivity index (χ4v) is 1.17. The van der Waals surface area contributed by atoms with E-state index in [2.05, 4.69) is 0 Å². The molecule has 1 unspecified atom stereocenters. The van der Waals surface area contributed by atoms with Crippen LogP contribution in [0.2, 0.25) is 0 Å². The van der Waals surface area contributed by atoms with Crippen LogP contribution in [0.25, 0.3) is 0 Å². The van der Waals surface area contributed by atoms with Gasteiger partial charge in [-0.15, -0.1) is 0 Å². The van der Waals surface area contributed by atoms with Crippen molar-refractivity contribution in [2.24, 2.45) is 5.73 Å². The van der Waals surface area contributed by atoms with Crippen LogP contribution in [0.4, 0.5) is 0 Å². The van der Waals surface area contributed by atoms with E-state index < -0.39 is 11.8 Å². The largest absolute Gasteiger partial charge is 0.460 e. The Morgan fingerprint density at radius 2 is 1.62 bits per heavy atom. The predicted octanol–water partition coefficient (Wildman–Crippen LogP) is 2.21. The van der Waals surface area contributed by atoms with Crippen LogP contribution in [0.3, 0.4) is 0 Å². The summed E-state index contributed by atoms with van der Waals surface area (Å²) in [4.78, 5) is 11.4. The van der Waals surface area contributed by atoms with E-state index in [1.54, 1.807) is 0 Å². The second-order valence-corrected chi connectivity index (χ2v) is 5.89. The van der Waals surface area contributed by atoms with E-state index >= 15 is 0 Å². The number of nitrogens with two attached hydrogens (primary N) is 1.